The smallest absolute Gasteiger partial charge is 0.117 e. The van der Waals surface area contributed by atoms with Crippen molar-refractivity contribution in [1.82, 2.24) is 4.90 Å². The third-order valence-corrected chi connectivity index (χ3v) is 3.87. The number of furan rings is 1. The monoisotopic (exact) mass is 241 g/mol. The van der Waals surface area contributed by atoms with E-state index in [9.17, 15) is 0 Å². The molecule has 3 rings (SSSR count). The lowest BCUT2D eigenvalue weighted by Gasteiger charge is -2.36. The van der Waals surface area contributed by atoms with Crippen LogP contribution in [-0.4, -0.2) is 10.9 Å². The molecule has 2 heteroatoms. The van der Waals surface area contributed by atoms with Gasteiger partial charge in [0.15, 0.2) is 0 Å². The van der Waals surface area contributed by atoms with Gasteiger partial charge >= 0.3 is 0 Å². The molecular formula is C16H19NO. The lowest BCUT2D eigenvalue weighted by molar-refractivity contribution is 0.146. The number of hydrogen-bond donors (Lipinski definition) is 0. The van der Waals surface area contributed by atoms with Crippen LogP contribution in [0.3, 0.4) is 0 Å². The second-order valence-corrected chi connectivity index (χ2v) is 5.02. The average Bonchev–Trinajstić information content (AvgIpc) is 2.91. The Kier molecular flexibility index (Phi) is 3.20. The molecule has 1 aliphatic heterocycles. The Balaban J connectivity index is 1.82. The number of rotatable bonds is 3. The fraction of sp³-hybridized carbons (Fsp3) is 0.375. The van der Waals surface area contributed by atoms with Gasteiger partial charge in [0.25, 0.3) is 0 Å². The maximum Gasteiger partial charge on any atom is 0.117 e. The van der Waals surface area contributed by atoms with Crippen LogP contribution in [0, 0.1) is 0 Å². The van der Waals surface area contributed by atoms with Gasteiger partial charge < -0.3 is 4.42 Å². The van der Waals surface area contributed by atoms with Crippen LogP contribution in [0.1, 0.15) is 30.2 Å². The van der Waals surface area contributed by atoms with E-state index in [1.165, 1.54) is 17.5 Å². The van der Waals surface area contributed by atoms with Gasteiger partial charge in [0.2, 0.25) is 0 Å². The van der Waals surface area contributed by atoms with E-state index in [2.05, 4.69) is 42.2 Å². The first-order chi connectivity index (χ1) is 8.86. The molecule has 2 heterocycles. The molecule has 0 saturated heterocycles. The standard InChI is InChI=1S/C16H19NO/c1-2-15-10-13-6-3-4-7-14(13)11-17(15)12-16-8-5-9-18-16/h3-9,15H,2,10-12H2,1H3/t15-/m1/s1. The Labute approximate surface area is 108 Å². The molecule has 1 aromatic carbocycles. The molecule has 0 aliphatic carbocycles. The molecule has 0 amide bonds. The zero-order valence-corrected chi connectivity index (χ0v) is 10.8. The third kappa shape index (κ3) is 2.21. The molecule has 0 spiro atoms. The van der Waals surface area contributed by atoms with Crippen molar-refractivity contribution < 1.29 is 4.42 Å². The summed E-state index contributed by atoms with van der Waals surface area (Å²) in [6, 6.07) is 13.5. The number of benzene rings is 1. The normalized spacial score (nSPS) is 19.7. The van der Waals surface area contributed by atoms with Gasteiger partial charge in [0.1, 0.15) is 5.76 Å². The van der Waals surface area contributed by atoms with Crippen molar-refractivity contribution in [3.05, 3.63) is 59.5 Å². The highest BCUT2D eigenvalue weighted by Gasteiger charge is 2.24. The second kappa shape index (κ2) is 4.99. The van der Waals surface area contributed by atoms with Crippen LogP contribution in [0.2, 0.25) is 0 Å². The van der Waals surface area contributed by atoms with Crippen LogP contribution in [0.25, 0.3) is 0 Å². The van der Waals surface area contributed by atoms with Crippen molar-refractivity contribution in [1.29, 1.82) is 0 Å². The number of fused-ring (bicyclic) bond motifs is 1. The lowest BCUT2D eigenvalue weighted by Crippen LogP contribution is -2.39. The Morgan fingerprint density at radius 3 is 2.72 bits per heavy atom. The van der Waals surface area contributed by atoms with Crippen molar-refractivity contribution in [3.63, 3.8) is 0 Å². The molecule has 18 heavy (non-hydrogen) atoms. The van der Waals surface area contributed by atoms with E-state index in [-0.39, 0.29) is 0 Å². The Bertz CT molecular complexity index is 504. The van der Waals surface area contributed by atoms with E-state index in [0.29, 0.717) is 6.04 Å². The van der Waals surface area contributed by atoms with Crippen molar-refractivity contribution in [3.8, 4) is 0 Å². The van der Waals surface area contributed by atoms with Crippen molar-refractivity contribution >= 4 is 0 Å². The fourth-order valence-corrected chi connectivity index (χ4v) is 2.83. The van der Waals surface area contributed by atoms with E-state index in [0.717, 1.165) is 25.3 Å². The maximum absolute atomic E-state index is 5.48. The average molecular weight is 241 g/mol. The highest BCUT2D eigenvalue weighted by atomic mass is 16.3. The summed E-state index contributed by atoms with van der Waals surface area (Å²) < 4.78 is 5.48. The Morgan fingerprint density at radius 1 is 1.17 bits per heavy atom. The highest BCUT2D eigenvalue weighted by Crippen LogP contribution is 2.26. The molecule has 94 valence electrons. The first kappa shape index (κ1) is 11.5. The minimum Gasteiger partial charge on any atom is -0.468 e. The Morgan fingerprint density at radius 2 is 2.00 bits per heavy atom. The topological polar surface area (TPSA) is 16.4 Å². The third-order valence-electron chi connectivity index (χ3n) is 3.87. The molecule has 0 unspecified atom stereocenters. The summed E-state index contributed by atoms with van der Waals surface area (Å²) in [5.74, 6) is 1.06. The summed E-state index contributed by atoms with van der Waals surface area (Å²) in [7, 11) is 0. The SMILES string of the molecule is CC[C@@H]1Cc2ccccc2CN1Cc1ccco1. The summed E-state index contributed by atoms with van der Waals surface area (Å²) >= 11 is 0. The molecule has 0 N–H and O–H groups in total. The van der Waals surface area contributed by atoms with Crippen LogP contribution in [0.4, 0.5) is 0 Å². The zero-order chi connectivity index (χ0) is 12.4. The van der Waals surface area contributed by atoms with Gasteiger partial charge in [0, 0.05) is 12.6 Å². The first-order valence-electron chi connectivity index (χ1n) is 6.70. The largest absolute Gasteiger partial charge is 0.468 e. The van der Waals surface area contributed by atoms with Gasteiger partial charge in [-0.05, 0) is 36.1 Å². The predicted molar refractivity (Wildman–Crippen MR) is 72.2 cm³/mol. The van der Waals surface area contributed by atoms with E-state index in [4.69, 9.17) is 4.42 Å². The molecule has 0 radical (unpaired) electrons. The van der Waals surface area contributed by atoms with Gasteiger partial charge in [-0.2, -0.15) is 0 Å². The van der Waals surface area contributed by atoms with Gasteiger partial charge in [-0.3, -0.25) is 4.90 Å². The van der Waals surface area contributed by atoms with Crippen molar-refractivity contribution in [2.45, 2.75) is 38.9 Å². The zero-order valence-electron chi connectivity index (χ0n) is 10.8. The van der Waals surface area contributed by atoms with Crippen LogP contribution < -0.4 is 0 Å². The van der Waals surface area contributed by atoms with Crippen molar-refractivity contribution in [2.75, 3.05) is 0 Å². The summed E-state index contributed by atoms with van der Waals surface area (Å²) in [6.07, 6.45) is 4.11. The predicted octanol–water partition coefficient (Wildman–Crippen LogP) is 3.62. The quantitative estimate of drug-likeness (QED) is 0.816. The molecule has 2 nitrogen and oxygen atoms in total. The molecule has 1 aromatic heterocycles. The van der Waals surface area contributed by atoms with E-state index >= 15 is 0 Å². The molecule has 0 fully saturated rings. The first-order valence-corrected chi connectivity index (χ1v) is 6.70. The molecule has 2 aromatic rings. The number of nitrogens with zero attached hydrogens (tertiary/aromatic N) is 1. The van der Waals surface area contributed by atoms with Gasteiger partial charge in [-0.15, -0.1) is 0 Å². The summed E-state index contributed by atoms with van der Waals surface area (Å²) in [4.78, 5) is 2.53. The summed E-state index contributed by atoms with van der Waals surface area (Å²) in [6.45, 7) is 4.23. The van der Waals surface area contributed by atoms with Crippen LogP contribution in [-0.2, 0) is 19.5 Å². The van der Waals surface area contributed by atoms with E-state index in [1.807, 2.05) is 6.07 Å². The highest BCUT2D eigenvalue weighted by molar-refractivity contribution is 5.30. The molecule has 0 saturated carbocycles. The minimum atomic E-state index is 0.630. The summed E-state index contributed by atoms with van der Waals surface area (Å²) in [5, 5.41) is 0. The lowest BCUT2D eigenvalue weighted by atomic mass is 9.92. The summed E-state index contributed by atoms with van der Waals surface area (Å²) in [5.41, 5.74) is 2.98. The van der Waals surface area contributed by atoms with Crippen LogP contribution >= 0.6 is 0 Å². The van der Waals surface area contributed by atoms with E-state index in [1.54, 1.807) is 6.26 Å². The Hall–Kier alpha value is -1.54. The van der Waals surface area contributed by atoms with Crippen LogP contribution in [0.5, 0.6) is 0 Å². The maximum atomic E-state index is 5.48. The minimum absolute atomic E-state index is 0.630. The molecule has 1 aliphatic rings. The molecular weight excluding hydrogens is 222 g/mol. The molecule has 1 atom stereocenters. The van der Waals surface area contributed by atoms with Crippen LogP contribution in [0.15, 0.2) is 47.1 Å². The van der Waals surface area contributed by atoms with Gasteiger partial charge in [-0.1, -0.05) is 31.2 Å². The van der Waals surface area contributed by atoms with E-state index < -0.39 is 0 Å². The number of hydrogen-bond acceptors (Lipinski definition) is 2. The van der Waals surface area contributed by atoms with Gasteiger partial charge in [0.05, 0.1) is 12.8 Å². The second-order valence-electron chi connectivity index (χ2n) is 5.02. The van der Waals surface area contributed by atoms with Gasteiger partial charge in [-0.25, -0.2) is 0 Å². The molecule has 0 bridgehead atoms. The fourth-order valence-electron chi connectivity index (χ4n) is 2.83. The van der Waals surface area contributed by atoms with Crippen molar-refractivity contribution in [2.24, 2.45) is 0 Å².